The number of carboxylic acids is 1. The van der Waals surface area contributed by atoms with Gasteiger partial charge >= 0.3 is 5.97 Å². The topological polar surface area (TPSA) is 37.3 Å². The minimum Gasteiger partial charge on any atom is -0.478 e. The van der Waals surface area contributed by atoms with Gasteiger partial charge in [-0.2, -0.15) is 0 Å². The van der Waals surface area contributed by atoms with Gasteiger partial charge in [-0.1, -0.05) is 35.4 Å². The Morgan fingerprint density at radius 3 is 2.64 bits per heavy atom. The second kappa shape index (κ2) is 2.88. The van der Waals surface area contributed by atoms with Gasteiger partial charge in [0.1, 0.15) is 4.33 Å². The zero-order valence-electron chi connectivity index (χ0n) is 5.55. The minimum atomic E-state index is -1.05. The Morgan fingerprint density at radius 1 is 1.64 bits per heavy atom. The molecule has 0 aliphatic heterocycles. The number of carbonyl (C=O) groups is 1. The summed E-state index contributed by atoms with van der Waals surface area (Å²) in [6, 6.07) is 0. The molecule has 0 amide bonds. The zero-order valence-corrected chi connectivity index (χ0v) is 7.06. The maximum atomic E-state index is 10.4. The molecule has 0 aromatic carbocycles. The third-order valence-corrected chi connectivity index (χ3v) is 1.86. The number of alkyl halides is 2. The summed E-state index contributed by atoms with van der Waals surface area (Å²) in [6.45, 7) is 0. The van der Waals surface area contributed by atoms with Crippen LogP contribution in [0.1, 0.15) is 6.42 Å². The Morgan fingerprint density at radius 2 is 2.27 bits per heavy atom. The second-order valence-electron chi connectivity index (χ2n) is 2.29. The molecule has 0 fully saturated rings. The number of aliphatic carboxylic acids is 1. The fraction of sp³-hybridized carbons (Fsp3) is 0.286. The number of hydrogen-bond acceptors (Lipinski definition) is 1. The predicted octanol–water partition coefficient (Wildman–Crippen LogP) is 2.13. The van der Waals surface area contributed by atoms with Crippen molar-refractivity contribution in [2.24, 2.45) is 0 Å². The van der Waals surface area contributed by atoms with E-state index in [9.17, 15) is 4.79 Å². The molecule has 60 valence electrons. The maximum Gasteiger partial charge on any atom is 0.331 e. The van der Waals surface area contributed by atoms with E-state index in [-0.39, 0.29) is 12.0 Å². The van der Waals surface area contributed by atoms with E-state index in [1.165, 1.54) is 6.08 Å². The number of carboxylic acid groups (broad SMARTS) is 1. The predicted molar refractivity (Wildman–Crippen MR) is 43.9 cm³/mol. The molecule has 0 aromatic heterocycles. The van der Waals surface area contributed by atoms with E-state index in [0.717, 1.165) is 0 Å². The quantitative estimate of drug-likeness (QED) is 0.647. The first-order valence-corrected chi connectivity index (χ1v) is 3.76. The number of halogens is 2. The van der Waals surface area contributed by atoms with E-state index >= 15 is 0 Å². The molecule has 0 spiro atoms. The summed E-state index contributed by atoms with van der Waals surface area (Å²) in [5, 5.41) is 8.55. The Balaban J connectivity index is 2.81. The molecule has 0 bridgehead atoms. The lowest BCUT2D eigenvalue weighted by Crippen LogP contribution is -2.16. The van der Waals surface area contributed by atoms with Crippen LogP contribution < -0.4 is 0 Å². The number of hydrogen-bond donors (Lipinski definition) is 1. The average Bonchev–Trinajstić information content (AvgIpc) is 1.85. The van der Waals surface area contributed by atoms with Crippen molar-refractivity contribution in [2.45, 2.75) is 10.8 Å². The fourth-order valence-electron chi connectivity index (χ4n) is 0.824. The van der Waals surface area contributed by atoms with Crippen LogP contribution in [0.2, 0.25) is 0 Å². The van der Waals surface area contributed by atoms with E-state index in [4.69, 9.17) is 28.3 Å². The van der Waals surface area contributed by atoms with Crippen LogP contribution in [0.5, 0.6) is 0 Å². The van der Waals surface area contributed by atoms with Crippen LogP contribution in [-0.4, -0.2) is 15.4 Å². The Kier molecular flexibility index (Phi) is 2.25. The molecule has 0 radical (unpaired) electrons. The maximum absolute atomic E-state index is 10.4. The van der Waals surface area contributed by atoms with E-state index in [1.54, 1.807) is 12.2 Å². The van der Waals surface area contributed by atoms with Gasteiger partial charge < -0.3 is 5.11 Å². The normalized spacial score (nSPS) is 21.1. The molecule has 2 nitrogen and oxygen atoms in total. The van der Waals surface area contributed by atoms with Crippen LogP contribution in [0.3, 0.4) is 0 Å². The van der Waals surface area contributed by atoms with Crippen molar-refractivity contribution < 1.29 is 9.90 Å². The van der Waals surface area contributed by atoms with Crippen LogP contribution in [0.15, 0.2) is 23.8 Å². The largest absolute Gasteiger partial charge is 0.478 e. The summed E-state index contributed by atoms with van der Waals surface area (Å²) in [5.41, 5.74) is 0.234. The molecule has 1 N–H and O–H groups in total. The summed E-state index contributed by atoms with van der Waals surface area (Å²) in [7, 11) is 0. The minimum absolute atomic E-state index is 0.155. The molecular formula is C7H6Cl2O2. The lowest BCUT2D eigenvalue weighted by Gasteiger charge is -2.17. The Hall–Kier alpha value is -0.470. The highest BCUT2D eigenvalue weighted by Crippen LogP contribution is 2.33. The van der Waals surface area contributed by atoms with E-state index in [2.05, 4.69) is 0 Å². The third-order valence-electron chi connectivity index (χ3n) is 1.34. The molecule has 0 saturated carbocycles. The van der Waals surface area contributed by atoms with Crippen molar-refractivity contribution in [3.63, 3.8) is 0 Å². The molecule has 1 rings (SSSR count). The van der Waals surface area contributed by atoms with Crippen molar-refractivity contribution in [3.8, 4) is 0 Å². The van der Waals surface area contributed by atoms with Crippen LogP contribution in [0.4, 0.5) is 0 Å². The Bertz CT molecular complexity index is 241. The van der Waals surface area contributed by atoms with Gasteiger partial charge in [-0.3, -0.25) is 0 Å². The molecule has 1 aliphatic rings. The highest BCUT2D eigenvalue weighted by Gasteiger charge is 2.26. The molecular weight excluding hydrogens is 187 g/mol. The van der Waals surface area contributed by atoms with E-state index in [1.807, 2.05) is 0 Å². The van der Waals surface area contributed by atoms with Crippen molar-refractivity contribution in [2.75, 3.05) is 0 Å². The molecule has 0 unspecified atom stereocenters. The molecule has 1 aliphatic carbocycles. The van der Waals surface area contributed by atoms with Crippen LogP contribution in [-0.2, 0) is 4.79 Å². The van der Waals surface area contributed by atoms with Crippen molar-refractivity contribution in [1.82, 2.24) is 0 Å². The fourth-order valence-corrected chi connectivity index (χ4v) is 1.26. The third kappa shape index (κ3) is 2.24. The van der Waals surface area contributed by atoms with Gasteiger partial charge in [-0.25, -0.2) is 4.79 Å². The van der Waals surface area contributed by atoms with Crippen LogP contribution in [0.25, 0.3) is 0 Å². The van der Waals surface area contributed by atoms with Gasteiger partial charge in [0.15, 0.2) is 0 Å². The second-order valence-corrected chi connectivity index (χ2v) is 3.84. The van der Waals surface area contributed by atoms with Gasteiger partial charge in [0.2, 0.25) is 0 Å². The number of allylic oxidation sites excluding steroid dienone is 3. The van der Waals surface area contributed by atoms with Gasteiger partial charge in [0.25, 0.3) is 0 Å². The lowest BCUT2D eigenvalue weighted by molar-refractivity contribution is -0.132. The van der Waals surface area contributed by atoms with Crippen LogP contribution >= 0.6 is 23.2 Å². The first-order valence-electron chi connectivity index (χ1n) is 3.01. The average molecular weight is 193 g/mol. The van der Waals surface area contributed by atoms with E-state index in [0.29, 0.717) is 0 Å². The van der Waals surface area contributed by atoms with Gasteiger partial charge in [0.05, 0.1) is 0 Å². The summed E-state index contributed by atoms with van der Waals surface area (Å²) >= 11 is 11.4. The summed E-state index contributed by atoms with van der Waals surface area (Å²) in [6.07, 6.45) is 4.75. The summed E-state index contributed by atoms with van der Waals surface area (Å²) in [5.74, 6) is -0.972. The van der Waals surface area contributed by atoms with E-state index < -0.39 is 10.3 Å². The van der Waals surface area contributed by atoms with Gasteiger partial charge in [-0.05, 0) is 6.08 Å². The molecule has 0 aromatic rings. The molecule has 11 heavy (non-hydrogen) atoms. The van der Waals surface area contributed by atoms with Gasteiger partial charge in [0, 0.05) is 12.0 Å². The highest BCUT2D eigenvalue weighted by molar-refractivity contribution is 6.50. The smallest absolute Gasteiger partial charge is 0.331 e. The first kappa shape index (κ1) is 8.62. The molecule has 0 heterocycles. The van der Waals surface area contributed by atoms with Crippen molar-refractivity contribution in [1.29, 1.82) is 0 Å². The summed E-state index contributed by atoms with van der Waals surface area (Å²) < 4.78 is -1.05. The Labute approximate surface area is 74.1 Å². The highest BCUT2D eigenvalue weighted by atomic mass is 35.5. The zero-order chi connectivity index (χ0) is 8.48. The number of rotatable bonds is 1. The van der Waals surface area contributed by atoms with Crippen LogP contribution in [0, 0.1) is 0 Å². The van der Waals surface area contributed by atoms with Crippen molar-refractivity contribution >= 4 is 29.2 Å². The standard InChI is InChI=1S/C7H6Cl2O2/c8-7(9)3-1-2-5(4-7)6(10)11/h1-3H,4H2,(H,10,11). The molecule has 4 heteroatoms. The van der Waals surface area contributed by atoms with Gasteiger partial charge in [-0.15, -0.1) is 0 Å². The molecule has 0 saturated heterocycles. The first-order chi connectivity index (χ1) is 5.01. The summed E-state index contributed by atoms with van der Waals surface area (Å²) in [4.78, 5) is 10.4. The monoisotopic (exact) mass is 192 g/mol. The lowest BCUT2D eigenvalue weighted by atomic mass is 10.0. The molecule has 0 atom stereocenters. The van der Waals surface area contributed by atoms with Crippen molar-refractivity contribution in [3.05, 3.63) is 23.8 Å². The SMILES string of the molecule is O=C(O)C1=CC=CC(Cl)(Cl)C1.